The van der Waals surface area contributed by atoms with Gasteiger partial charge in [0.25, 0.3) is 0 Å². The Morgan fingerprint density at radius 1 is 1.59 bits per heavy atom. The van der Waals surface area contributed by atoms with Gasteiger partial charge in [-0.05, 0) is 6.92 Å². The third kappa shape index (κ3) is 3.11. The van der Waals surface area contributed by atoms with Gasteiger partial charge < -0.3 is 10.4 Å². The molecule has 0 fully saturated rings. The second kappa shape index (κ2) is 5.55. The Labute approximate surface area is 98.9 Å². The van der Waals surface area contributed by atoms with Crippen LogP contribution in [-0.4, -0.2) is 36.7 Å². The summed E-state index contributed by atoms with van der Waals surface area (Å²) < 4.78 is 1.72. The van der Waals surface area contributed by atoms with Crippen LogP contribution in [0.5, 0.6) is 0 Å². The molecule has 7 nitrogen and oxygen atoms in total. The fourth-order valence-electron chi connectivity index (χ4n) is 1.51. The second-order valence-corrected chi connectivity index (χ2v) is 3.81. The number of aromatic amines is 1. The monoisotopic (exact) mass is 236 g/mol. The van der Waals surface area contributed by atoms with Crippen LogP contribution in [0.2, 0.25) is 0 Å². The second-order valence-electron chi connectivity index (χ2n) is 3.81. The number of rotatable bonds is 6. The summed E-state index contributed by atoms with van der Waals surface area (Å²) in [5.41, 5.74) is 1.07. The van der Waals surface area contributed by atoms with Crippen molar-refractivity contribution >= 4 is 0 Å². The van der Waals surface area contributed by atoms with Crippen LogP contribution < -0.4 is 5.32 Å². The van der Waals surface area contributed by atoms with Crippen molar-refractivity contribution in [2.24, 2.45) is 0 Å². The third-order valence-electron chi connectivity index (χ3n) is 2.47. The van der Waals surface area contributed by atoms with Gasteiger partial charge in [-0.25, -0.2) is 4.98 Å². The van der Waals surface area contributed by atoms with Crippen molar-refractivity contribution in [2.45, 2.75) is 26.1 Å². The zero-order valence-corrected chi connectivity index (χ0v) is 9.67. The lowest BCUT2D eigenvalue weighted by Crippen LogP contribution is -2.19. The zero-order valence-electron chi connectivity index (χ0n) is 9.67. The number of hydrogen-bond donors (Lipinski definition) is 3. The number of hydrogen-bond acceptors (Lipinski definition) is 5. The van der Waals surface area contributed by atoms with E-state index >= 15 is 0 Å². The first-order valence-corrected chi connectivity index (χ1v) is 5.50. The third-order valence-corrected chi connectivity index (χ3v) is 2.47. The minimum absolute atomic E-state index is 0.100. The van der Waals surface area contributed by atoms with Crippen molar-refractivity contribution in [2.75, 3.05) is 6.61 Å². The Hall–Kier alpha value is -1.73. The smallest absolute Gasteiger partial charge is 0.141 e. The normalized spacial score (nSPS) is 12.8. The molecule has 17 heavy (non-hydrogen) atoms. The van der Waals surface area contributed by atoms with E-state index in [4.69, 9.17) is 5.11 Å². The molecule has 0 saturated heterocycles. The van der Waals surface area contributed by atoms with E-state index in [2.05, 4.69) is 25.6 Å². The van der Waals surface area contributed by atoms with Crippen molar-refractivity contribution in [1.82, 2.24) is 30.3 Å². The first kappa shape index (κ1) is 11.7. The van der Waals surface area contributed by atoms with Crippen LogP contribution in [0.1, 0.15) is 24.4 Å². The molecular formula is C10H16N6O. The number of nitrogens with one attached hydrogen (secondary N) is 2. The summed E-state index contributed by atoms with van der Waals surface area (Å²) >= 11 is 0. The van der Waals surface area contributed by atoms with E-state index in [1.165, 1.54) is 6.33 Å². The van der Waals surface area contributed by atoms with Gasteiger partial charge in [-0.15, -0.1) is 0 Å². The number of aliphatic hydroxyl groups excluding tert-OH is 1. The van der Waals surface area contributed by atoms with Crippen molar-refractivity contribution < 1.29 is 5.11 Å². The highest BCUT2D eigenvalue weighted by atomic mass is 16.3. The van der Waals surface area contributed by atoms with Crippen molar-refractivity contribution in [1.29, 1.82) is 0 Å². The molecule has 7 heteroatoms. The van der Waals surface area contributed by atoms with Crippen LogP contribution in [0.3, 0.4) is 0 Å². The molecule has 2 aromatic heterocycles. The molecule has 3 N–H and O–H groups in total. The van der Waals surface area contributed by atoms with Gasteiger partial charge in [0.15, 0.2) is 0 Å². The Morgan fingerprint density at radius 3 is 3.18 bits per heavy atom. The molecule has 2 heterocycles. The zero-order chi connectivity index (χ0) is 12.1. The predicted molar refractivity (Wildman–Crippen MR) is 61.0 cm³/mol. The van der Waals surface area contributed by atoms with Crippen molar-refractivity contribution in [3.05, 3.63) is 30.1 Å². The highest BCUT2D eigenvalue weighted by Crippen LogP contribution is 2.06. The van der Waals surface area contributed by atoms with E-state index in [0.717, 1.165) is 11.4 Å². The average molecular weight is 236 g/mol. The van der Waals surface area contributed by atoms with Gasteiger partial charge >= 0.3 is 0 Å². The first-order valence-electron chi connectivity index (χ1n) is 5.50. The maximum atomic E-state index is 8.78. The molecule has 0 saturated carbocycles. The van der Waals surface area contributed by atoms with Crippen LogP contribution >= 0.6 is 0 Å². The SMILES string of the molecule is CC(NCc1cnn(CCO)c1)c1ncn[nH]1. The van der Waals surface area contributed by atoms with Gasteiger partial charge in [0.05, 0.1) is 25.4 Å². The summed E-state index contributed by atoms with van der Waals surface area (Å²) in [6.45, 7) is 3.34. The Morgan fingerprint density at radius 2 is 2.47 bits per heavy atom. The van der Waals surface area contributed by atoms with E-state index in [0.29, 0.717) is 13.1 Å². The number of aliphatic hydroxyl groups is 1. The van der Waals surface area contributed by atoms with Gasteiger partial charge in [-0.2, -0.15) is 10.2 Å². The van der Waals surface area contributed by atoms with Crippen LogP contribution in [-0.2, 0) is 13.1 Å². The van der Waals surface area contributed by atoms with Gasteiger partial charge in [0.1, 0.15) is 12.2 Å². The Bertz CT molecular complexity index is 437. The molecule has 0 radical (unpaired) electrons. The van der Waals surface area contributed by atoms with Gasteiger partial charge in [0, 0.05) is 18.3 Å². The maximum Gasteiger partial charge on any atom is 0.141 e. The van der Waals surface area contributed by atoms with E-state index in [1.54, 1.807) is 10.9 Å². The van der Waals surface area contributed by atoms with Gasteiger partial charge in [-0.1, -0.05) is 0 Å². The van der Waals surface area contributed by atoms with Gasteiger partial charge in [-0.3, -0.25) is 9.78 Å². The minimum atomic E-state index is 0.100. The van der Waals surface area contributed by atoms with E-state index in [1.807, 2.05) is 13.1 Å². The molecule has 1 unspecified atom stereocenters. The molecule has 0 bridgehead atoms. The quantitative estimate of drug-likeness (QED) is 0.648. The molecular weight excluding hydrogens is 220 g/mol. The fraction of sp³-hybridized carbons (Fsp3) is 0.500. The molecule has 0 amide bonds. The topological polar surface area (TPSA) is 91.7 Å². The minimum Gasteiger partial charge on any atom is -0.394 e. The molecule has 0 aliphatic carbocycles. The van der Waals surface area contributed by atoms with E-state index < -0.39 is 0 Å². The highest BCUT2D eigenvalue weighted by Gasteiger charge is 2.07. The highest BCUT2D eigenvalue weighted by molar-refractivity contribution is 5.04. The van der Waals surface area contributed by atoms with Crippen LogP contribution in [0.15, 0.2) is 18.7 Å². The number of H-pyrrole nitrogens is 1. The number of aromatic nitrogens is 5. The number of nitrogens with zero attached hydrogens (tertiary/aromatic N) is 4. The Kier molecular flexibility index (Phi) is 3.84. The standard InChI is InChI=1S/C10H16N6O/c1-8(10-12-7-13-15-10)11-4-9-5-14-16(6-9)2-3-17/h5-8,11,17H,2-4H2,1H3,(H,12,13,15). The summed E-state index contributed by atoms with van der Waals surface area (Å²) in [5.74, 6) is 0.813. The molecule has 92 valence electrons. The lowest BCUT2D eigenvalue weighted by molar-refractivity contribution is 0.269. The predicted octanol–water partition coefficient (Wildman–Crippen LogP) is -0.156. The van der Waals surface area contributed by atoms with Crippen molar-refractivity contribution in [3.8, 4) is 0 Å². The molecule has 0 aliphatic rings. The molecule has 1 atom stereocenters. The summed E-state index contributed by atoms with van der Waals surface area (Å²) in [4.78, 5) is 4.08. The summed E-state index contributed by atoms with van der Waals surface area (Å²) in [7, 11) is 0. The Balaban J connectivity index is 1.84. The maximum absolute atomic E-state index is 8.78. The average Bonchev–Trinajstić information content (AvgIpc) is 2.97. The van der Waals surface area contributed by atoms with Crippen LogP contribution in [0.4, 0.5) is 0 Å². The summed E-state index contributed by atoms with van der Waals surface area (Å²) in [6, 6.07) is 0.110. The molecule has 0 aromatic carbocycles. The fourth-order valence-corrected chi connectivity index (χ4v) is 1.51. The van der Waals surface area contributed by atoms with Crippen LogP contribution in [0, 0.1) is 0 Å². The molecule has 0 spiro atoms. The molecule has 0 aliphatic heterocycles. The van der Waals surface area contributed by atoms with E-state index in [-0.39, 0.29) is 12.6 Å². The summed E-state index contributed by atoms with van der Waals surface area (Å²) in [6.07, 6.45) is 5.19. The summed E-state index contributed by atoms with van der Waals surface area (Å²) in [5, 5.41) is 22.8. The molecule has 2 aromatic rings. The van der Waals surface area contributed by atoms with E-state index in [9.17, 15) is 0 Å². The van der Waals surface area contributed by atoms with Gasteiger partial charge in [0.2, 0.25) is 0 Å². The molecule has 2 rings (SSSR count). The lowest BCUT2D eigenvalue weighted by atomic mass is 10.3. The van der Waals surface area contributed by atoms with Crippen LogP contribution in [0.25, 0.3) is 0 Å². The first-order chi connectivity index (χ1) is 8.29. The largest absolute Gasteiger partial charge is 0.394 e. The lowest BCUT2D eigenvalue weighted by Gasteiger charge is -2.09. The van der Waals surface area contributed by atoms with Crippen molar-refractivity contribution in [3.63, 3.8) is 0 Å².